The van der Waals surface area contributed by atoms with E-state index in [-0.39, 0.29) is 22.7 Å². The number of alkyl halides is 2. The average Bonchev–Trinajstić information content (AvgIpc) is 3.04. The number of thioether (sulfide) groups is 1. The topological polar surface area (TPSA) is 48.2 Å². The molecule has 0 aliphatic carbocycles. The molecular weight excluding hydrogens is 353 g/mol. The maximum atomic E-state index is 13.0. The smallest absolute Gasteiger partial charge is 0.387 e. The van der Waals surface area contributed by atoms with Gasteiger partial charge in [-0.2, -0.15) is 8.78 Å². The quantitative estimate of drug-likeness (QED) is 0.552. The van der Waals surface area contributed by atoms with Gasteiger partial charge < -0.3 is 9.15 Å². The van der Waals surface area contributed by atoms with E-state index in [4.69, 9.17) is 4.42 Å². The third-order valence-electron chi connectivity index (χ3n) is 3.35. The lowest BCUT2D eigenvalue weighted by Crippen LogP contribution is -2.01. The standard InChI is InChI=1S/C17H13F3N2O2S/c1-10(11-2-6-13(18)7-3-11)25-17-22-21-15(24-17)12-4-8-14(9-5-12)23-16(19)20/h2-10,16H,1H3. The fraction of sp³-hybridized carbons (Fsp3) is 0.176. The van der Waals surface area contributed by atoms with Crippen molar-refractivity contribution in [3.8, 4) is 17.2 Å². The molecule has 0 bridgehead atoms. The molecule has 0 amide bonds. The Hall–Kier alpha value is -2.48. The number of hydrogen-bond donors (Lipinski definition) is 0. The van der Waals surface area contributed by atoms with E-state index in [1.165, 1.54) is 36.0 Å². The molecule has 0 aliphatic heterocycles. The Morgan fingerprint density at radius 1 is 1.00 bits per heavy atom. The lowest BCUT2D eigenvalue weighted by Gasteiger charge is -2.08. The molecule has 4 nitrogen and oxygen atoms in total. The van der Waals surface area contributed by atoms with Crippen molar-refractivity contribution in [3.05, 3.63) is 59.9 Å². The van der Waals surface area contributed by atoms with Crippen LogP contribution in [0.15, 0.2) is 58.2 Å². The molecule has 1 atom stereocenters. The summed E-state index contributed by atoms with van der Waals surface area (Å²) in [6.07, 6.45) is 0. The van der Waals surface area contributed by atoms with Crippen molar-refractivity contribution in [2.24, 2.45) is 0 Å². The van der Waals surface area contributed by atoms with Gasteiger partial charge in [0.25, 0.3) is 5.22 Å². The minimum absolute atomic E-state index is 0.00396. The summed E-state index contributed by atoms with van der Waals surface area (Å²) < 4.78 is 47.1. The zero-order valence-corrected chi connectivity index (χ0v) is 13.8. The monoisotopic (exact) mass is 366 g/mol. The summed E-state index contributed by atoms with van der Waals surface area (Å²) >= 11 is 1.34. The second kappa shape index (κ2) is 7.60. The van der Waals surface area contributed by atoms with Crippen LogP contribution < -0.4 is 4.74 Å². The van der Waals surface area contributed by atoms with Gasteiger partial charge in [0.05, 0.1) is 0 Å². The molecule has 0 N–H and O–H groups in total. The molecule has 1 aromatic heterocycles. The number of aromatic nitrogens is 2. The molecule has 2 aromatic carbocycles. The fourth-order valence-electron chi connectivity index (χ4n) is 2.11. The molecule has 0 spiro atoms. The highest BCUT2D eigenvalue weighted by Gasteiger charge is 2.14. The van der Waals surface area contributed by atoms with E-state index < -0.39 is 6.61 Å². The van der Waals surface area contributed by atoms with E-state index in [0.717, 1.165) is 5.56 Å². The van der Waals surface area contributed by atoms with Gasteiger partial charge in [-0.05, 0) is 48.9 Å². The van der Waals surface area contributed by atoms with Crippen LogP contribution in [0.5, 0.6) is 5.75 Å². The Morgan fingerprint density at radius 3 is 2.32 bits per heavy atom. The lowest BCUT2D eigenvalue weighted by molar-refractivity contribution is -0.0498. The molecule has 3 aromatic rings. The number of rotatable bonds is 6. The first-order valence-corrected chi connectivity index (χ1v) is 8.20. The molecule has 0 saturated heterocycles. The molecule has 130 valence electrons. The molecule has 25 heavy (non-hydrogen) atoms. The molecule has 1 heterocycles. The number of ether oxygens (including phenoxy) is 1. The van der Waals surface area contributed by atoms with Crippen molar-refractivity contribution in [3.63, 3.8) is 0 Å². The highest BCUT2D eigenvalue weighted by atomic mass is 32.2. The number of nitrogens with zero attached hydrogens (tertiary/aromatic N) is 2. The Balaban J connectivity index is 1.68. The first-order chi connectivity index (χ1) is 12.0. The molecule has 0 saturated carbocycles. The SMILES string of the molecule is CC(Sc1nnc(-c2ccc(OC(F)F)cc2)o1)c1ccc(F)cc1. The normalized spacial score (nSPS) is 12.4. The Bertz CT molecular complexity index is 823. The van der Waals surface area contributed by atoms with Gasteiger partial charge in [-0.3, -0.25) is 0 Å². The van der Waals surface area contributed by atoms with Crippen LogP contribution in [0, 0.1) is 5.82 Å². The van der Waals surface area contributed by atoms with Gasteiger partial charge in [0.15, 0.2) is 0 Å². The summed E-state index contributed by atoms with van der Waals surface area (Å²) in [5.74, 6) is 0.0375. The van der Waals surface area contributed by atoms with Gasteiger partial charge in [0, 0.05) is 10.8 Å². The summed E-state index contributed by atoms with van der Waals surface area (Å²) in [5, 5.41) is 8.28. The van der Waals surface area contributed by atoms with Crippen molar-refractivity contribution in [2.75, 3.05) is 0 Å². The highest BCUT2D eigenvalue weighted by molar-refractivity contribution is 7.99. The average molecular weight is 366 g/mol. The molecule has 8 heteroatoms. The second-order valence-electron chi connectivity index (χ2n) is 5.09. The van der Waals surface area contributed by atoms with Crippen molar-refractivity contribution >= 4 is 11.8 Å². The molecule has 1 unspecified atom stereocenters. The van der Waals surface area contributed by atoms with E-state index in [2.05, 4.69) is 14.9 Å². The first-order valence-electron chi connectivity index (χ1n) is 7.32. The third-order valence-corrected chi connectivity index (χ3v) is 4.34. The summed E-state index contributed by atoms with van der Waals surface area (Å²) in [6, 6.07) is 12.1. The summed E-state index contributed by atoms with van der Waals surface area (Å²) in [4.78, 5) is 0. The van der Waals surface area contributed by atoms with Crippen LogP contribution in [-0.4, -0.2) is 16.8 Å². The third kappa shape index (κ3) is 4.54. The molecule has 0 fully saturated rings. The van der Waals surface area contributed by atoms with Gasteiger partial charge in [-0.15, -0.1) is 10.2 Å². The minimum atomic E-state index is -2.87. The summed E-state index contributed by atoms with van der Waals surface area (Å²) in [6.45, 7) is -0.927. The fourth-order valence-corrected chi connectivity index (χ4v) is 2.92. The predicted octanol–water partition coefficient (Wildman–Crippen LogP) is 5.33. The Kier molecular flexibility index (Phi) is 5.28. The van der Waals surface area contributed by atoms with Crippen molar-refractivity contribution < 1.29 is 22.3 Å². The predicted molar refractivity (Wildman–Crippen MR) is 87.0 cm³/mol. The minimum Gasteiger partial charge on any atom is -0.435 e. The van der Waals surface area contributed by atoms with Crippen LogP contribution in [0.1, 0.15) is 17.7 Å². The maximum absolute atomic E-state index is 13.0. The Morgan fingerprint density at radius 2 is 1.68 bits per heavy atom. The molecule has 0 aliphatic rings. The summed E-state index contributed by atoms with van der Waals surface area (Å²) in [7, 11) is 0. The van der Waals surface area contributed by atoms with Crippen LogP contribution in [-0.2, 0) is 0 Å². The number of hydrogen-bond acceptors (Lipinski definition) is 5. The zero-order valence-electron chi connectivity index (χ0n) is 13.0. The van der Waals surface area contributed by atoms with Gasteiger partial charge in [-0.1, -0.05) is 23.9 Å². The highest BCUT2D eigenvalue weighted by Crippen LogP contribution is 2.35. The van der Waals surface area contributed by atoms with E-state index in [0.29, 0.717) is 10.8 Å². The van der Waals surface area contributed by atoms with Crippen LogP contribution in [0.25, 0.3) is 11.5 Å². The number of benzene rings is 2. The van der Waals surface area contributed by atoms with Crippen LogP contribution in [0.4, 0.5) is 13.2 Å². The van der Waals surface area contributed by atoms with Crippen LogP contribution in [0.2, 0.25) is 0 Å². The van der Waals surface area contributed by atoms with Gasteiger partial charge in [0.1, 0.15) is 11.6 Å². The lowest BCUT2D eigenvalue weighted by atomic mass is 10.2. The van der Waals surface area contributed by atoms with Gasteiger partial charge in [0.2, 0.25) is 5.89 Å². The van der Waals surface area contributed by atoms with Crippen molar-refractivity contribution in [1.29, 1.82) is 0 Å². The molecular formula is C17H13F3N2O2S. The zero-order chi connectivity index (χ0) is 17.8. The largest absolute Gasteiger partial charge is 0.435 e. The molecule has 3 rings (SSSR count). The maximum Gasteiger partial charge on any atom is 0.387 e. The van der Waals surface area contributed by atoms with Gasteiger partial charge >= 0.3 is 6.61 Å². The summed E-state index contributed by atoms with van der Waals surface area (Å²) in [5.41, 5.74) is 1.52. The van der Waals surface area contributed by atoms with E-state index >= 15 is 0 Å². The van der Waals surface area contributed by atoms with Crippen molar-refractivity contribution in [2.45, 2.75) is 24.0 Å². The first kappa shape index (κ1) is 17.3. The van der Waals surface area contributed by atoms with Gasteiger partial charge in [-0.25, -0.2) is 4.39 Å². The number of halogens is 3. The van der Waals surface area contributed by atoms with Crippen molar-refractivity contribution in [1.82, 2.24) is 10.2 Å². The van der Waals surface area contributed by atoms with Crippen LogP contribution in [0.3, 0.4) is 0 Å². The van der Waals surface area contributed by atoms with Crippen LogP contribution >= 0.6 is 11.8 Å². The Labute approximate surface area is 146 Å². The molecule has 0 radical (unpaired) electrons. The van der Waals surface area contributed by atoms with E-state index in [1.54, 1.807) is 24.3 Å². The van der Waals surface area contributed by atoms with E-state index in [9.17, 15) is 13.2 Å². The van der Waals surface area contributed by atoms with E-state index in [1.807, 2.05) is 6.92 Å². The second-order valence-corrected chi connectivity index (χ2v) is 6.38.